The first-order valence-corrected chi connectivity index (χ1v) is 5.45. The molecule has 2 aromatic rings. The van der Waals surface area contributed by atoms with E-state index in [9.17, 15) is 4.79 Å². The van der Waals surface area contributed by atoms with Gasteiger partial charge in [-0.15, -0.1) is 12.6 Å². The molecule has 0 N–H and O–H groups in total. The first-order chi connectivity index (χ1) is 7.70. The summed E-state index contributed by atoms with van der Waals surface area (Å²) < 4.78 is 0. The molecule has 0 aromatic heterocycles. The third kappa shape index (κ3) is 4.80. The molecular weight excluding hydrogens is 216 g/mol. The van der Waals surface area contributed by atoms with E-state index in [-0.39, 0.29) is 5.78 Å². The van der Waals surface area contributed by atoms with Gasteiger partial charge in [-0.2, -0.15) is 0 Å². The number of rotatable bonds is 1. The number of carbonyl (C=O) groups is 1. The largest absolute Gasteiger partial charge is 0.295 e. The molecule has 2 heteroatoms. The molecule has 0 amide bonds. The average molecular weight is 230 g/mol. The van der Waals surface area contributed by atoms with Crippen LogP contribution in [-0.4, -0.2) is 5.78 Å². The van der Waals surface area contributed by atoms with Gasteiger partial charge in [-0.1, -0.05) is 48.5 Å². The summed E-state index contributed by atoms with van der Waals surface area (Å²) in [5.74, 6) is 0.0910. The fourth-order valence-corrected chi connectivity index (χ4v) is 1.23. The summed E-state index contributed by atoms with van der Waals surface area (Å²) in [4.78, 5) is 11.6. The Kier molecular flexibility index (Phi) is 5.37. The van der Waals surface area contributed by atoms with Crippen molar-refractivity contribution in [2.45, 2.75) is 11.8 Å². The summed E-state index contributed by atoms with van der Waals surface area (Å²) in [5.41, 5.74) is 0.734. The fraction of sp³-hybridized carbons (Fsp3) is 0.0714. The number of hydrogen-bond donors (Lipinski definition) is 1. The third-order valence-electron chi connectivity index (χ3n) is 1.94. The number of hydrogen-bond acceptors (Lipinski definition) is 2. The zero-order valence-electron chi connectivity index (χ0n) is 9.13. The van der Waals surface area contributed by atoms with Crippen molar-refractivity contribution in [3.8, 4) is 0 Å². The SMILES string of the molecule is CC(=O)c1ccc(S)cc1.c1ccccc1. The van der Waals surface area contributed by atoms with Crippen molar-refractivity contribution in [3.05, 3.63) is 66.2 Å². The zero-order valence-corrected chi connectivity index (χ0v) is 10.0. The molecule has 0 heterocycles. The van der Waals surface area contributed by atoms with E-state index >= 15 is 0 Å². The van der Waals surface area contributed by atoms with Crippen LogP contribution in [0.5, 0.6) is 0 Å². The van der Waals surface area contributed by atoms with E-state index in [2.05, 4.69) is 12.6 Å². The quantitative estimate of drug-likeness (QED) is 0.581. The summed E-state index contributed by atoms with van der Waals surface area (Å²) in [6.07, 6.45) is 0. The molecule has 1 nitrogen and oxygen atoms in total. The molecule has 0 radical (unpaired) electrons. The molecule has 0 fully saturated rings. The Hall–Kier alpha value is -1.54. The van der Waals surface area contributed by atoms with Gasteiger partial charge in [-0.05, 0) is 19.1 Å². The van der Waals surface area contributed by atoms with Gasteiger partial charge in [-0.25, -0.2) is 0 Å². The van der Waals surface area contributed by atoms with Crippen LogP contribution in [-0.2, 0) is 0 Å². The van der Waals surface area contributed by atoms with Crippen LogP contribution in [0.25, 0.3) is 0 Å². The van der Waals surface area contributed by atoms with Crippen molar-refractivity contribution < 1.29 is 4.79 Å². The highest BCUT2D eigenvalue weighted by atomic mass is 32.1. The number of benzene rings is 2. The average Bonchev–Trinajstić information content (AvgIpc) is 2.32. The highest BCUT2D eigenvalue weighted by Crippen LogP contribution is 2.07. The molecule has 0 aliphatic rings. The Balaban J connectivity index is 0.000000181. The van der Waals surface area contributed by atoms with Crippen LogP contribution >= 0.6 is 12.6 Å². The Morgan fingerprint density at radius 3 is 1.56 bits per heavy atom. The molecule has 0 aliphatic carbocycles. The zero-order chi connectivity index (χ0) is 11.8. The van der Waals surface area contributed by atoms with Crippen molar-refractivity contribution in [3.63, 3.8) is 0 Å². The number of carbonyl (C=O) groups excluding carboxylic acids is 1. The number of Topliss-reactive ketones (excluding diaryl/α,β-unsaturated/α-hetero) is 1. The minimum absolute atomic E-state index is 0.0910. The second-order valence-electron chi connectivity index (χ2n) is 3.26. The molecular formula is C14H14OS. The van der Waals surface area contributed by atoms with E-state index in [4.69, 9.17) is 0 Å². The first-order valence-electron chi connectivity index (χ1n) is 5.00. The van der Waals surface area contributed by atoms with E-state index in [1.165, 1.54) is 0 Å². The van der Waals surface area contributed by atoms with Crippen LogP contribution in [0.15, 0.2) is 65.6 Å². The van der Waals surface area contributed by atoms with Gasteiger partial charge in [0.25, 0.3) is 0 Å². The normalized spacial score (nSPS) is 8.88. The lowest BCUT2D eigenvalue weighted by Gasteiger charge is -1.93. The Bertz CT molecular complexity index is 394. The van der Waals surface area contributed by atoms with E-state index in [1.54, 1.807) is 31.2 Å². The summed E-state index contributed by atoms with van der Waals surface area (Å²) >= 11 is 4.09. The molecule has 16 heavy (non-hydrogen) atoms. The molecule has 82 valence electrons. The van der Waals surface area contributed by atoms with Crippen molar-refractivity contribution in [1.82, 2.24) is 0 Å². The summed E-state index contributed by atoms with van der Waals surface area (Å²) in [7, 11) is 0. The minimum atomic E-state index is 0.0910. The van der Waals surface area contributed by atoms with Gasteiger partial charge in [-0.3, -0.25) is 4.79 Å². The van der Waals surface area contributed by atoms with Crippen molar-refractivity contribution in [2.24, 2.45) is 0 Å². The molecule has 0 unspecified atom stereocenters. The van der Waals surface area contributed by atoms with E-state index < -0.39 is 0 Å². The smallest absolute Gasteiger partial charge is 0.159 e. The monoisotopic (exact) mass is 230 g/mol. The van der Waals surface area contributed by atoms with Crippen LogP contribution in [0.4, 0.5) is 0 Å². The highest BCUT2D eigenvalue weighted by molar-refractivity contribution is 7.80. The van der Waals surface area contributed by atoms with E-state index in [0.717, 1.165) is 10.5 Å². The molecule has 2 aromatic carbocycles. The van der Waals surface area contributed by atoms with Crippen LogP contribution in [0, 0.1) is 0 Å². The van der Waals surface area contributed by atoms with Gasteiger partial charge in [0.1, 0.15) is 0 Å². The van der Waals surface area contributed by atoms with E-state index in [1.807, 2.05) is 36.4 Å². The fourth-order valence-electron chi connectivity index (χ4n) is 1.08. The molecule has 0 saturated heterocycles. The molecule has 0 saturated carbocycles. The van der Waals surface area contributed by atoms with Crippen LogP contribution in [0.1, 0.15) is 17.3 Å². The lowest BCUT2D eigenvalue weighted by atomic mass is 10.2. The minimum Gasteiger partial charge on any atom is -0.295 e. The third-order valence-corrected chi connectivity index (χ3v) is 2.24. The van der Waals surface area contributed by atoms with Gasteiger partial charge in [0.05, 0.1) is 0 Å². The second kappa shape index (κ2) is 6.85. The molecule has 0 atom stereocenters. The predicted molar refractivity (Wildman–Crippen MR) is 70.1 cm³/mol. The predicted octanol–water partition coefficient (Wildman–Crippen LogP) is 3.86. The Morgan fingerprint density at radius 2 is 1.25 bits per heavy atom. The molecule has 0 bridgehead atoms. The Morgan fingerprint density at radius 1 is 0.875 bits per heavy atom. The standard InChI is InChI=1S/C8H8OS.C6H6/c1-6(9)7-2-4-8(10)5-3-7;1-2-4-6-5-3-1/h2-5,10H,1H3;1-6H. The van der Waals surface area contributed by atoms with E-state index in [0.29, 0.717) is 0 Å². The number of ketones is 1. The summed E-state index contributed by atoms with van der Waals surface area (Å²) in [6, 6.07) is 19.1. The maximum atomic E-state index is 10.7. The lowest BCUT2D eigenvalue weighted by molar-refractivity contribution is 0.101. The van der Waals surface area contributed by atoms with Gasteiger partial charge in [0.2, 0.25) is 0 Å². The molecule has 0 spiro atoms. The molecule has 2 rings (SSSR count). The maximum Gasteiger partial charge on any atom is 0.159 e. The van der Waals surface area contributed by atoms with Gasteiger partial charge < -0.3 is 0 Å². The van der Waals surface area contributed by atoms with Crippen LogP contribution < -0.4 is 0 Å². The van der Waals surface area contributed by atoms with Crippen LogP contribution in [0.3, 0.4) is 0 Å². The Labute approximate surface area is 102 Å². The van der Waals surface area contributed by atoms with Gasteiger partial charge >= 0.3 is 0 Å². The lowest BCUT2D eigenvalue weighted by Crippen LogP contribution is -1.89. The van der Waals surface area contributed by atoms with Gasteiger partial charge in [0, 0.05) is 10.5 Å². The summed E-state index contributed by atoms with van der Waals surface area (Å²) in [5, 5.41) is 0. The van der Waals surface area contributed by atoms with Crippen molar-refractivity contribution in [1.29, 1.82) is 0 Å². The topological polar surface area (TPSA) is 17.1 Å². The highest BCUT2D eigenvalue weighted by Gasteiger charge is 1.95. The summed E-state index contributed by atoms with van der Waals surface area (Å²) in [6.45, 7) is 1.55. The first kappa shape index (κ1) is 12.5. The second-order valence-corrected chi connectivity index (χ2v) is 3.77. The number of thiol groups is 1. The molecule has 0 aliphatic heterocycles. The van der Waals surface area contributed by atoms with Crippen LogP contribution in [0.2, 0.25) is 0 Å². The maximum absolute atomic E-state index is 10.7. The van der Waals surface area contributed by atoms with Gasteiger partial charge in [0.15, 0.2) is 5.78 Å². The van der Waals surface area contributed by atoms with Crippen molar-refractivity contribution >= 4 is 18.4 Å². The van der Waals surface area contributed by atoms with Crippen molar-refractivity contribution in [2.75, 3.05) is 0 Å².